The number of anilines is 2. The predicted molar refractivity (Wildman–Crippen MR) is 104 cm³/mol. The van der Waals surface area contributed by atoms with Crippen molar-refractivity contribution in [2.75, 3.05) is 4.90 Å². The Kier molecular flexibility index (Phi) is 3.66. The van der Waals surface area contributed by atoms with Crippen LogP contribution in [0.1, 0.15) is 11.1 Å². The molecule has 2 heterocycles. The van der Waals surface area contributed by atoms with Gasteiger partial charge >= 0.3 is 6.18 Å². The quantitative estimate of drug-likeness (QED) is 0.373. The first-order chi connectivity index (χ1) is 13.5. The van der Waals surface area contributed by atoms with Crippen LogP contribution in [-0.2, 0) is 12.7 Å². The van der Waals surface area contributed by atoms with Crippen LogP contribution < -0.4 is 4.90 Å². The van der Waals surface area contributed by atoms with E-state index in [1.807, 2.05) is 59.5 Å². The number of hydrogen-bond donors (Lipinski definition) is 0. The minimum Gasteiger partial charge on any atom is -0.335 e. The Balaban J connectivity index is 1.73. The number of rotatable bonds is 1. The Morgan fingerprint density at radius 2 is 1.57 bits per heavy atom. The van der Waals surface area contributed by atoms with Crippen molar-refractivity contribution in [1.29, 1.82) is 0 Å². The zero-order chi connectivity index (χ0) is 19.3. The second-order valence-electron chi connectivity index (χ2n) is 6.83. The van der Waals surface area contributed by atoms with Gasteiger partial charge in [-0.15, -0.1) is 0 Å². The molecular weight excluding hydrogens is 361 g/mol. The van der Waals surface area contributed by atoms with E-state index in [1.54, 1.807) is 12.3 Å². The van der Waals surface area contributed by atoms with Gasteiger partial charge in [0, 0.05) is 29.4 Å². The third-order valence-corrected chi connectivity index (χ3v) is 5.15. The normalized spacial score (nSPS) is 13.3. The SMILES string of the molecule is FC(F)(F)c1ccc2c(c1)CN(c1cccc3cccnc13)c1ccccc1-2. The van der Waals surface area contributed by atoms with Gasteiger partial charge in [-0.3, -0.25) is 4.98 Å². The number of alkyl halides is 3. The van der Waals surface area contributed by atoms with Crippen LogP contribution in [0.2, 0.25) is 0 Å². The molecule has 1 aliphatic heterocycles. The first-order valence-corrected chi connectivity index (χ1v) is 8.93. The highest BCUT2D eigenvalue weighted by molar-refractivity contribution is 5.96. The van der Waals surface area contributed by atoms with Crippen LogP contribution in [0.5, 0.6) is 0 Å². The van der Waals surface area contributed by atoms with E-state index >= 15 is 0 Å². The summed E-state index contributed by atoms with van der Waals surface area (Å²) in [5.41, 5.74) is 4.47. The summed E-state index contributed by atoms with van der Waals surface area (Å²) in [6.45, 7) is 0.353. The Hall–Kier alpha value is -3.34. The molecule has 5 heteroatoms. The number of nitrogens with zero attached hydrogens (tertiary/aromatic N) is 2. The van der Waals surface area contributed by atoms with Crippen molar-refractivity contribution >= 4 is 22.3 Å². The topological polar surface area (TPSA) is 16.1 Å². The van der Waals surface area contributed by atoms with Gasteiger partial charge in [0.1, 0.15) is 0 Å². The highest BCUT2D eigenvalue weighted by Crippen LogP contribution is 2.45. The molecule has 28 heavy (non-hydrogen) atoms. The molecule has 2 nitrogen and oxygen atoms in total. The lowest BCUT2D eigenvalue weighted by atomic mass is 9.91. The van der Waals surface area contributed by atoms with Crippen molar-refractivity contribution in [2.24, 2.45) is 0 Å². The number of para-hydroxylation sites is 2. The molecule has 138 valence electrons. The molecule has 0 spiro atoms. The van der Waals surface area contributed by atoms with Gasteiger partial charge < -0.3 is 4.90 Å². The third-order valence-electron chi connectivity index (χ3n) is 5.15. The van der Waals surface area contributed by atoms with Crippen molar-refractivity contribution in [1.82, 2.24) is 4.98 Å². The van der Waals surface area contributed by atoms with Crippen LogP contribution in [0.4, 0.5) is 24.5 Å². The van der Waals surface area contributed by atoms with E-state index in [-0.39, 0.29) is 0 Å². The number of hydrogen-bond acceptors (Lipinski definition) is 2. The maximum atomic E-state index is 13.3. The van der Waals surface area contributed by atoms with Gasteiger partial charge in [0.2, 0.25) is 0 Å². The Morgan fingerprint density at radius 3 is 2.43 bits per heavy atom. The number of fused-ring (bicyclic) bond motifs is 4. The minimum atomic E-state index is -4.36. The van der Waals surface area contributed by atoms with Gasteiger partial charge in [-0.25, -0.2) is 0 Å². The van der Waals surface area contributed by atoms with E-state index in [0.29, 0.717) is 12.1 Å². The molecule has 0 unspecified atom stereocenters. The van der Waals surface area contributed by atoms with Crippen LogP contribution >= 0.6 is 0 Å². The summed E-state index contributed by atoms with van der Waals surface area (Å²) in [5.74, 6) is 0. The van der Waals surface area contributed by atoms with Crippen molar-refractivity contribution in [3.63, 3.8) is 0 Å². The average molecular weight is 376 g/mol. The molecule has 0 saturated heterocycles. The molecule has 0 radical (unpaired) electrons. The van der Waals surface area contributed by atoms with E-state index in [0.717, 1.165) is 39.5 Å². The van der Waals surface area contributed by atoms with Gasteiger partial charge in [0.25, 0.3) is 0 Å². The smallest absolute Gasteiger partial charge is 0.335 e. The van der Waals surface area contributed by atoms with Crippen LogP contribution in [0.25, 0.3) is 22.0 Å². The maximum Gasteiger partial charge on any atom is 0.416 e. The van der Waals surface area contributed by atoms with Gasteiger partial charge in [0.15, 0.2) is 0 Å². The summed E-state index contributed by atoms with van der Waals surface area (Å²) < 4.78 is 39.8. The lowest BCUT2D eigenvalue weighted by Gasteiger charge is -2.33. The highest BCUT2D eigenvalue weighted by atomic mass is 19.4. The van der Waals surface area contributed by atoms with Gasteiger partial charge in [0.05, 0.1) is 16.8 Å². The zero-order valence-electron chi connectivity index (χ0n) is 14.7. The summed E-state index contributed by atoms with van der Waals surface area (Å²) in [6.07, 6.45) is -2.63. The van der Waals surface area contributed by atoms with E-state index in [9.17, 15) is 13.2 Å². The first kappa shape index (κ1) is 16.8. The molecule has 0 bridgehead atoms. The Labute approximate surface area is 159 Å². The third kappa shape index (κ3) is 2.62. The average Bonchev–Trinajstić information content (AvgIpc) is 2.72. The molecule has 0 atom stereocenters. The van der Waals surface area contributed by atoms with Crippen molar-refractivity contribution < 1.29 is 13.2 Å². The maximum absolute atomic E-state index is 13.3. The monoisotopic (exact) mass is 376 g/mol. The molecule has 1 aromatic heterocycles. The van der Waals surface area contributed by atoms with E-state index < -0.39 is 11.7 Å². The van der Waals surface area contributed by atoms with Gasteiger partial charge in [-0.1, -0.05) is 42.5 Å². The lowest BCUT2D eigenvalue weighted by molar-refractivity contribution is -0.137. The number of aromatic nitrogens is 1. The van der Waals surface area contributed by atoms with Crippen LogP contribution in [0.15, 0.2) is 79.0 Å². The summed E-state index contributed by atoms with van der Waals surface area (Å²) in [6, 6.07) is 21.6. The molecule has 1 aliphatic rings. The standard InChI is InChI=1S/C23H15F3N2/c24-23(25,26)17-10-11-18-16(13-17)14-28(20-8-2-1-7-19(18)20)21-9-3-5-15-6-4-12-27-22(15)21/h1-13H,14H2. The fourth-order valence-electron chi connectivity index (χ4n) is 3.88. The highest BCUT2D eigenvalue weighted by Gasteiger charge is 2.33. The second-order valence-corrected chi connectivity index (χ2v) is 6.83. The molecule has 0 amide bonds. The van der Waals surface area contributed by atoms with E-state index in [4.69, 9.17) is 0 Å². The second kappa shape index (κ2) is 6.09. The van der Waals surface area contributed by atoms with Gasteiger partial charge in [-0.2, -0.15) is 13.2 Å². The molecule has 4 aromatic rings. The van der Waals surface area contributed by atoms with E-state index in [2.05, 4.69) is 4.98 Å². The number of halogens is 3. The Bertz CT molecular complexity index is 1190. The number of benzene rings is 3. The lowest BCUT2D eigenvalue weighted by Crippen LogP contribution is -2.22. The molecular formula is C23H15F3N2. The molecule has 0 saturated carbocycles. The van der Waals surface area contributed by atoms with Crippen LogP contribution in [0, 0.1) is 0 Å². The fourth-order valence-corrected chi connectivity index (χ4v) is 3.88. The summed E-state index contributed by atoms with van der Waals surface area (Å²) in [4.78, 5) is 6.57. The molecule has 0 aliphatic carbocycles. The largest absolute Gasteiger partial charge is 0.416 e. The fraction of sp³-hybridized carbons (Fsp3) is 0.0870. The Morgan fingerprint density at radius 1 is 0.786 bits per heavy atom. The summed E-state index contributed by atoms with van der Waals surface area (Å²) in [5, 5.41) is 0.993. The van der Waals surface area contributed by atoms with Gasteiger partial charge in [-0.05, 0) is 41.5 Å². The molecule has 0 fully saturated rings. The molecule has 3 aromatic carbocycles. The number of pyridine rings is 1. The van der Waals surface area contributed by atoms with Crippen molar-refractivity contribution in [2.45, 2.75) is 12.7 Å². The minimum absolute atomic E-state index is 0.353. The summed E-state index contributed by atoms with van der Waals surface area (Å²) >= 11 is 0. The first-order valence-electron chi connectivity index (χ1n) is 8.93. The summed E-state index contributed by atoms with van der Waals surface area (Å²) in [7, 11) is 0. The van der Waals surface area contributed by atoms with Crippen LogP contribution in [0.3, 0.4) is 0 Å². The van der Waals surface area contributed by atoms with Crippen molar-refractivity contribution in [3.8, 4) is 11.1 Å². The molecule has 0 N–H and O–H groups in total. The van der Waals surface area contributed by atoms with E-state index in [1.165, 1.54) is 6.07 Å². The molecule has 5 rings (SSSR count). The van der Waals surface area contributed by atoms with Crippen LogP contribution in [-0.4, -0.2) is 4.98 Å². The van der Waals surface area contributed by atoms with Crippen molar-refractivity contribution in [3.05, 3.63) is 90.1 Å². The zero-order valence-corrected chi connectivity index (χ0v) is 14.7. The predicted octanol–water partition coefficient (Wildman–Crippen LogP) is 6.57.